The number of likely N-dealkylation sites (tertiary alicyclic amines) is 1. The minimum Gasteiger partial charge on any atom is -0.366 e. The molecule has 0 aliphatic carbocycles. The lowest BCUT2D eigenvalue weighted by molar-refractivity contribution is -0.138. The standard InChI is InChI=1S/C53H56F4N8O4/c1-33-28-63(47-16-11-39(24-45(47)54)42-15-17-48(66)61-52(42)69)29-34(2)65(33)30-36-19-22-62(23-20-36)49(67)32-64-31-40(26-60-64)38-10-14-43-44(27-59-46(43)25-38)51(68)50(37-6-4-3-5-7-37)58-21-18-35-8-12-41(13-9-35)53(55,56)57/h3-14,16,24-27,31,33-34,36,42,50,58-59H,15,17-23,28-30,32H2,1-2H3,(H,61,66,69)/t33-,34+,42?,50?. The van der Waals surface area contributed by atoms with Gasteiger partial charge in [-0.15, -0.1) is 0 Å². The first kappa shape index (κ1) is 47.4. The van der Waals surface area contributed by atoms with Crippen LogP contribution in [0.25, 0.3) is 22.0 Å². The molecule has 0 saturated carbocycles. The second kappa shape index (κ2) is 20.1. The fourth-order valence-corrected chi connectivity index (χ4v) is 10.3. The Labute approximate surface area is 398 Å². The van der Waals surface area contributed by atoms with Crippen molar-refractivity contribution < 1.29 is 36.7 Å². The average Bonchev–Trinajstić information content (AvgIpc) is 3.99. The van der Waals surface area contributed by atoms with E-state index >= 15 is 4.39 Å². The SMILES string of the molecule is C[C@@H]1CN(c2ccc(C3CCC(=O)NC3=O)cc2F)C[C@H](C)N1CC1CCN(C(=O)Cn2cc(-c3ccc4c(C(=O)C(NCCc5ccc(C(F)(F)F)cc5)c5ccccc5)c[nH]c4c3)cn2)CC1. The van der Waals surface area contributed by atoms with Crippen molar-refractivity contribution in [2.24, 2.45) is 5.92 Å². The van der Waals surface area contributed by atoms with Gasteiger partial charge in [-0.2, -0.15) is 18.3 Å². The third-order valence-corrected chi connectivity index (χ3v) is 14.1. The van der Waals surface area contributed by atoms with Crippen LogP contribution in [0.4, 0.5) is 23.2 Å². The molecule has 6 aromatic rings. The molecule has 3 fully saturated rings. The van der Waals surface area contributed by atoms with E-state index in [9.17, 15) is 32.3 Å². The third kappa shape index (κ3) is 10.7. The van der Waals surface area contributed by atoms with Crippen LogP contribution in [0.1, 0.15) is 84.1 Å². The van der Waals surface area contributed by atoms with Crippen molar-refractivity contribution in [3.05, 3.63) is 143 Å². The first-order valence-electron chi connectivity index (χ1n) is 23.7. The molecular weight excluding hydrogens is 889 g/mol. The molecule has 12 nitrogen and oxygen atoms in total. The van der Waals surface area contributed by atoms with E-state index in [2.05, 4.69) is 44.4 Å². The van der Waals surface area contributed by atoms with Crippen molar-refractivity contribution in [3.63, 3.8) is 0 Å². The number of benzene rings is 4. The molecule has 2 unspecified atom stereocenters. The molecule has 16 heteroatoms. The van der Waals surface area contributed by atoms with Crippen molar-refractivity contribution in [1.29, 1.82) is 0 Å². The highest BCUT2D eigenvalue weighted by Crippen LogP contribution is 2.34. The predicted molar refractivity (Wildman–Crippen MR) is 255 cm³/mol. The predicted octanol–water partition coefficient (Wildman–Crippen LogP) is 8.30. The number of fused-ring (bicyclic) bond motifs is 1. The molecule has 4 atom stereocenters. The number of imide groups is 1. The smallest absolute Gasteiger partial charge is 0.366 e. The second-order valence-corrected chi connectivity index (χ2v) is 18.8. The zero-order chi connectivity index (χ0) is 48.4. The number of hydrogen-bond donors (Lipinski definition) is 3. The summed E-state index contributed by atoms with van der Waals surface area (Å²) in [7, 11) is 0. The number of nitrogens with one attached hydrogen (secondary N) is 3. The van der Waals surface area contributed by atoms with Crippen molar-refractivity contribution in [3.8, 4) is 11.1 Å². The number of halogens is 4. The minimum atomic E-state index is -4.40. The Hall–Kier alpha value is -6.65. The maximum Gasteiger partial charge on any atom is 0.416 e. The number of H-pyrrole nitrogens is 1. The van der Waals surface area contributed by atoms with Crippen LogP contribution in [0.15, 0.2) is 110 Å². The number of Topliss-reactive ketones (excluding diaryl/α,β-unsaturated/α-hetero) is 1. The number of aromatic nitrogens is 3. The van der Waals surface area contributed by atoms with Gasteiger partial charge in [0.25, 0.3) is 0 Å². The number of hydrogen-bond acceptors (Lipinski definition) is 8. The van der Waals surface area contributed by atoms with Gasteiger partial charge in [-0.3, -0.25) is 34.1 Å². The van der Waals surface area contributed by atoms with E-state index in [0.29, 0.717) is 68.3 Å². The van der Waals surface area contributed by atoms with Crippen LogP contribution in [0.2, 0.25) is 0 Å². The van der Waals surface area contributed by atoms with E-state index in [1.165, 1.54) is 18.2 Å². The van der Waals surface area contributed by atoms with Crippen LogP contribution in [0, 0.1) is 11.7 Å². The summed E-state index contributed by atoms with van der Waals surface area (Å²) >= 11 is 0. The number of anilines is 1. The molecule has 0 radical (unpaired) electrons. The van der Waals surface area contributed by atoms with Crippen LogP contribution < -0.4 is 15.5 Å². The zero-order valence-corrected chi connectivity index (χ0v) is 38.6. The lowest BCUT2D eigenvalue weighted by Gasteiger charge is -2.47. The highest BCUT2D eigenvalue weighted by molar-refractivity contribution is 6.11. The Morgan fingerprint density at radius 2 is 1.62 bits per heavy atom. The summed E-state index contributed by atoms with van der Waals surface area (Å²) in [5, 5.41) is 11.0. The number of ketones is 1. The highest BCUT2D eigenvalue weighted by Gasteiger charge is 2.35. The fraction of sp³-hybridized carbons (Fsp3) is 0.377. The van der Waals surface area contributed by atoms with Gasteiger partial charge in [-0.1, -0.05) is 60.7 Å². The number of carbonyl (C=O) groups excluding carboxylic acids is 4. The Bertz CT molecular complexity index is 2810. The lowest BCUT2D eigenvalue weighted by Crippen LogP contribution is -2.58. The van der Waals surface area contributed by atoms with Gasteiger partial charge in [0, 0.05) is 92.2 Å². The zero-order valence-electron chi connectivity index (χ0n) is 38.6. The molecule has 2 aromatic heterocycles. The van der Waals surface area contributed by atoms with Gasteiger partial charge in [-0.25, -0.2) is 4.39 Å². The molecule has 69 heavy (non-hydrogen) atoms. The number of alkyl halides is 3. The van der Waals surface area contributed by atoms with Crippen LogP contribution in [-0.4, -0.2) is 99.4 Å². The number of carbonyl (C=O) groups is 4. The number of aromatic amines is 1. The number of nitrogens with zero attached hydrogens (tertiary/aromatic N) is 5. The molecule has 0 bridgehead atoms. The molecule has 3 saturated heterocycles. The van der Waals surface area contributed by atoms with Gasteiger partial charge in [0.2, 0.25) is 17.7 Å². The maximum absolute atomic E-state index is 15.5. The fourth-order valence-electron chi connectivity index (χ4n) is 10.3. The number of rotatable bonds is 14. The molecule has 3 aliphatic rings. The van der Waals surface area contributed by atoms with E-state index in [1.807, 2.05) is 59.6 Å². The average molecular weight is 945 g/mol. The highest BCUT2D eigenvalue weighted by atomic mass is 19.4. The Kier molecular flexibility index (Phi) is 13.8. The molecule has 3 aliphatic heterocycles. The summed E-state index contributed by atoms with van der Waals surface area (Å²) < 4.78 is 56.4. The van der Waals surface area contributed by atoms with Crippen LogP contribution >= 0.6 is 0 Å². The largest absolute Gasteiger partial charge is 0.416 e. The summed E-state index contributed by atoms with van der Waals surface area (Å²) in [6.45, 7) is 8.38. The summed E-state index contributed by atoms with van der Waals surface area (Å²) in [5.74, 6) is -1.28. The van der Waals surface area contributed by atoms with E-state index in [1.54, 1.807) is 29.2 Å². The van der Waals surface area contributed by atoms with Gasteiger partial charge in [-0.05, 0) is 98.0 Å². The van der Waals surface area contributed by atoms with Crippen molar-refractivity contribution in [2.45, 2.75) is 82.7 Å². The molecule has 360 valence electrons. The number of piperazine rings is 1. The number of piperidine rings is 2. The minimum absolute atomic E-state index is 0.00742. The Balaban J connectivity index is 0.763. The Morgan fingerprint density at radius 3 is 2.32 bits per heavy atom. The molecule has 4 aromatic carbocycles. The molecule has 9 rings (SSSR count). The van der Waals surface area contributed by atoms with Crippen molar-refractivity contribution >= 4 is 40.1 Å². The first-order chi connectivity index (χ1) is 33.2. The third-order valence-electron chi connectivity index (χ3n) is 14.1. The van der Waals surface area contributed by atoms with Gasteiger partial charge in [0.05, 0.1) is 29.4 Å². The normalized spacial score (nSPS) is 20.1. The summed E-state index contributed by atoms with van der Waals surface area (Å²) in [5.41, 5.74) is 4.87. The van der Waals surface area contributed by atoms with Crippen molar-refractivity contribution in [2.75, 3.05) is 44.2 Å². The molecular formula is C53H56F4N8O4. The van der Waals surface area contributed by atoms with Gasteiger partial charge >= 0.3 is 6.18 Å². The summed E-state index contributed by atoms with van der Waals surface area (Å²) in [4.78, 5) is 61.5. The van der Waals surface area contributed by atoms with Crippen LogP contribution in [0.3, 0.4) is 0 Å². The quantitative estimate of drug-likeness (QED) is 0.0564. The monoisotopic (exact) mass is 944 g/mol. The van der Waals surface area contributed by atoms with Gasteiger partial charge in [0.15, 0.2) is 5.78 Å². The van der Waals surface area contributed by atoms with E-state index in [0.717, 1.165) is 64.7 Å². The molecule has 3 amide bonds. The summed E-state index contributed by atoms with van der Waals surface area (Å²) in [6.07, 6.45) is 3.71. The van der Waals surface area contributed by atoms with Crippen LogP contribution in [-0.2, 0) is 33.5 Å². The van der Waals surface area contributed by atoms with Crippen LogP contribution in [0.5, 0.6) is 0 Å². The summed E-state index contributed by atoms with van der Waals surface area (Å²) in [6, 6.07) is 24.9. The second-order valence-electron chi connectivity index (χ2n) is 18.8. The van der Waals surface area contributed by atoms with Crippen molar-refractivity contribution in [1.82, 2.24) is 35.2 Å². The van der Waals surface area contributed by atoms with Gasteiger partial charge in [0.1, 0.15) is 12.4 Å². The Morgan fingerprint density at radius 1 is 0.884 bits per heavy atom. The van der Waals surface area contributed by atoms with E-state index in [4.69, 9.17) is 0 Å². The maximum atomic E-state index is 15.5. The van der Waals surface area contributed by atoms with E-state index in [-0.39, 0.29) is 54.4 Å². The number of amides is 3. The first-order valence-corrected chi connectivity index (χ1v) is 23.7. The lowest BCUT2D eigenvalue weighted by atomic mass is 9.90. The molecule has 0 spiro atoms. The van der Waals surface area contributed by atoms with E-state index < -0.39 is 23.7 Å². The van der Waals surface area contributed by atoms with Gasteiger partial charge < -0.3 is 20.1 Å². The topological polar surface area (TPSA) is 136 Å². The molecule has 5 heterocycles. The molecule has 3 N–H and O–H groups in total.